The lowest BCUT2D eigenvalue weighted by molar-refractivity contribution is -0.137. The first-order valence-electron chi connectivity index (χ1n) is 10.1. The molecule has 2 unspecified atom stereocenters. The van der Waals surface area contributed by atoms with Crippen LogP contribution < -0.4 is 10.2 Å². The van der Waals surface area contributed by atoms with Crippen LogP contribution in [0.2, 0.25) is 0 Å². The van der Waals surface area contributed by atoms with E-state index < -0.39 is 41.3 Å². The molecule has 4 rings (SSSR count). The van der Waals surface area contributed by atoms with Gasteiger partial charge in [0.05, 0.1) is 11.5 Å². The Morgan fingerprint density at radius 1 is 1.18 bits per heavy atom. The van der Waals surface area contributed by atoms with Crippen LogP contribution in [0.25, 0.3) is 0 Å². The number of amides is 2. The molecule has 0 aliphatic carbocycles. The zero-order valence-corrected chi connectivity index (χ0v) is 17.5. The quantitative estimate of drug-likeness (QED) is 0.589. The van der Waals surface area contributed by atoms with Crippen molar-refractivity contribution in [2.24, 2.45) is 13.0 Å². The van der Waals surface area contributed by atoms with Crippen LogP contribution in [0.15, 0.2) is 60.9 Å². The van der Waals surface area contributed by atoms with Gasteiger partial charge in [-0.05, 0) is 35.9 Å². The first-order valence-corrected chi connectivity index (χ1v) is 10.1. The van der Waals surface area contributed by atoms with Crippen molar-refractivity contribution in [3.05, 3.63) is 83.7 Å². The highest BCUT2D eigenvalue weighted by Gasteiger charge is 2.38. The van der Waals surface area contributed by atoms with Crippen LogP contribution in [0.4, 0.5) is 23.2 Å². The van der Waals surface area contributed by atoms with Gasteiger partial charge < -0.3 is 14.8 Å². The molecule has 172 valence electrons. The first-order chi connectivity index (χ1) is 15.6. The number of anilines is 1. The largest absolute Gasteiger partial charge is 0.416 e. The molecule has 1 aromatic heterocycles. The summed E-state index contributed by atoms with van der Waals surface area (Å²) in [5.41, 5.74) is -0.325. The van der Waals surface area contributed by atoms with Gasteiger partial charge in [-0.2, -0.15) is 13.2 Å². The lowest BCUT2D eigenvalue weighted by atomic mass is 10.0. The van der Waals surface area contributed by atoms with Crippen molar-refractivity contribution in [1.82, 2.24) is 14.9 Å². The van der Waals surface area contributed by atoms with Gasteiger partial charge in [0.25, 0.3) is 0 Å². The Hall–Kier alpha value is -3.69. The van der Waals surface area contributed by atoms with Gasteiger partial charge in [-0.1, -0.05) is 18.2 Å². The minimum absolute atomic E-state index is 0.0671. The number of benzene rings is 2. The average Bonchev–Trinajstić information content (AvgIpc) is 3.37. The van der Waals surface area contributed by atoms with Crippen LogP contribution in [0.5, 0.6) is 0 Å². The van der Waals surface area contributed by atoms with Gasteiger partial charge in [-0.25, -0.2) is 9.37 Å². The van der Waals surface area contributed by atoms with E-state index in [0.29, 0.717) is 11.4 Å². The molecule has 0 radical (unpaired) electrons. The lowest BCUT2D eigenvalue weighted by Crippen LogP contribution is -2.37. The van der Waals surface area contributed by atoms with E-state index in [1.54, 1.807) is 30.1 Å². The van der Waals surface area contributed by atoms with Crippen LogP contribution in [-0.4, -0.2) is 27.9 Å². The van der Waals surface area contributed by atoms with Gasteiger partial charge in [0, 0.05) is 38.1 Å². The maximum atomic E-state index is 13.8. The van der Waals surface area contributed by atoms with E-state index in [-0.39, 0.29) is 18.7 Å². The first kappa shape index (κ1) is 22.5. The zero-order valence-electron chi connectivity index (χ0n) is 17.5. The Kier molecular flexibility index (Phi) is 5.92. The van der Waals surface area contributed by atoms with E-state index in [9.17, 15) is 27.2 Å². The predicted molar refractivity (Wildman–Crippen MR) is 111 cm³/mol. The van der Waals surface area contributed by atoms with Gasteiger partial charge in [0.15, 0.2) is 0 Å². The fourth-order valence-electron chi connectivity index (χ4n) is 3.88. The fraction of sp³-hybridized carbons (Fsp3) is 0.261. The molecule has 2 amide bonds. The molecule has 10 heteroatoms. The number of carbonyl (C=O) groups excluding carboxylic acids is 2. The summed E-state index contributed by atoms with van der Waals surface area (Å²) in [6.45, 7) is -0.0671. The number of carbonyl (C=O) groups is 2. The number of aromatic nitrogens is 2. The zero-order chi connectivity index (χ0) is 23.8. The third-order valence-corrected chi connectivity index (χ3v) is 5.57. The molecule has 1 N–H and O–H groups in total. The summed E-state index contributed by atoms with van der Waals surface area (Å²) in [5.74, 6) is -1.73. The van der Waals surface area contributed by atoms with Crippen molar-refractivity contribution in [2.45, 2.75) is 18.6 Å². The van der Waals surface area contributed by atoms with E-state index >= 15 is 0 Å². The second-order valence-electron chi connectivity index (χ2n) is 7.85. The second-order valence-corrected chi connectivity index (χ2v) is 7.85. The van der Waals surface area contributed by atoms with Crippen molar-refractivity contribution in [3.63, 3.8) is 0 Å². The van der Waals surface area contributed by atoms with Gasteiger partial charge in [0.1, 0.15) is 17.7 Å². The van der Waals surface area contributed by atoms with Crippen molar-refractivity contribution in [1.29, 1.82) is 0 Å². The summed E-state index contributed by atoms with van der Waals surface area (Å²) >= 11 is 0. The molecule has 33 heavy (non-hydrogen) atoms. The van der Waals surface area contributed by atoms with Gasteiger partial charge in [-0.15, -0.1) is 0 Å². The predicted octanol–water partition coefficient (Wildman–Crippen LogP) is 3.84. The monoisotopic (exact) mass is 460 g/mol. The van der Waals surface area contributed by atoms with Crippen molar-refractivity contribution < 1.29 is 27.2 Å². The van der Waals surface area contributed by atoms with E-state index in [4.69, 9.17) is 0 Å². The Balaban J connectivity index is 1.55. The SMILES string of the molecule is Cn1ccnc1C(NC(=O)C1CC(=O)N(c2cccc(C(F)(F)F)c2)C1)c1cccc(F)c1. The molecule has 0 saturated carbocycles. The van der Waals surface area contributed by atoms with Gasteiger partial charge in [-0.3, -0.25) is 9.59 Å². The third-order valence-electron chi connectivity index (χ3n) is 5.57. The molecule has 3 aromatic rings. The van der Waals surface area contributed by atoms with Crippen LogP contribution in [0, 0.1) is 11.7 Å². The molecular formula is C23H20F4N4O2. The maximum Gasteiger partial charge on any atom is 0.416 e. The molecule has 1 aliphatic rings. The Bertz CT molecular complexity index is 1190. The Labute approximate surface area is 186 Å². The number of alkyl halides is 3. The number of hydrogen-bond acceptors (Lipinski definition) is 3. The van der Waals surface area contributed by atoms with Crippen LogP contribution in [-0.2, 0) is 22.8 Å². The minimum Gasteiger partial charge on any atom is -0.342 e. The maximum absolute atomic E-state index is 13.8. The normalized spacial score (nSPS) is 17.3. The van der Waals surface area contributed by atoms with E-state index in [1.165, 1.54) is 35.2 Å². The van der Waals surface area contributed by atoms with Crippen molar-refractivity contribution in [3.8, 4) is 0 Å². The molecular weight excluding hydrogens is 440 g/mol. The standard InChI is InChI=1S/C23H20F4N4O2/c1-30-9-8-28-21(30)20(14-4-2-6-17(24)10-14)29-22(33)15-11-19(32)31(13-15)18-7-3-5-16(12-18)23(25,26)27/h2-10,12,15,20H,11,13H2,1H3,(H,29,33). The summed E-state index contributed by atoms with van der Waals surface area (Å²) in [4.78, 5) is 31.0. The van der Waals surface area contributed by atoms with E-state index in [0.717, 1.165) is 12.1 Å². The summed E-state index contributed by atoms with van der Waals surface area (Å²) in [5, 5.41) is 2.83. The van der Waals surface area contributed by atoms with Crippen LogP contribution >= 0.6 is 0 Å². The molecule has 0 bridgehead atoms. The van der Waals surface area contributed by atoms with Gasteiger partial charge in [0.2, 0.25) is 11.8 Å². The number of nitrogens with zero attached hydrogens (tertiary/aromatic N) is 3. The van der Waals surface area contributed by atoms with Crippen LogP contribution in [0.1, 0.15) is 29.4 Å². The molecule has 2 atom stereocenters. The van der Waals surface area contributed by atoms with E-state index in [2.05, 4.69) is 10.3 Å². The number of aryl methyl sites for hydroxylation is 1. The summed E-state index contributed by atoms with van der Waals surface area (Å²) in [6.07, 6.45) is -1.47. The molecule has 0 spiro atoms. The third kappa shape index (κ3) is 4.74. The molecule has 6 nitrogen and oxygen atoms in total. The number of hydrogen-bond donors (Lipinski definition) is 1. The topological polar surface area (TPSA) is 67.2 Å². The average molecular weight is 460 g/mol. The van der Waals surface area contributed by atoms with E-state index in [1.807, 2.05) is 0 Å². The number of rotatable bonds is 5. The minimum atomic E-state index is -4.55. The smallest absolute Gasteiger partial charge is 0.342 e. The highest BCUT2D eigenvalue weighted by Crippen LogP contribution is 2.34. The van der Waals surface area contributed by atoms with Crippen LogP contribution in [0.3, 0.4) is 0 Å². The Morgan fingerprint density at radius 3 is 2.61 bits per heavy atom. The summed E-state index contributed by atoms with van der Waals surface area (Å²) < 4.78 is 54.7. The van der Waals surface area contributed by atoms with Crippen molar-refractivity contribution in [2.75, 3.05) is 11.4 Å². The Morgan fingerprint density at radius 2 is 1.94 bits per heavy atom. The molecule has 2 heterocycles. The molecule has 1 fully saturated rings. The summed E-state index contributed by atoms with van der Waals surface area (Å²) in [6, 6.07) is 9.39. The van der Waals surface area contributed by atoms with Crippen molar-refractivity contribution >= 4 is 17.5 Å². The molecule has 1 aliphatic heterocycles. The lowest BCUT2D eigenvalue weighted by Gasteiger charge is -2.22. The number of nitrogens with one attached hydrogen (secondary N) is 1. The number of halogens is 4. The van der Waals surface area contributed by atoms with Gasteiger partial charge >= 0.3 is 6.18 Å². The fourth-order valence-corrected chi connectivity index (χ4v) is 3.88. The second kappa shape index (κ2) is 8.68. The molecule has 1 saturated heterocycles. The highest BCUT2D eigenvalue weighted by atomic mass is 19.4. The highest BCUT2D eigenvalue weighted by molar-refractivity contribution is 6.00. The summed E-state index contributed by atoms with van der Waals surface area (Å²) in [7, 11) is 1.73. The molecule has 2 aromatic carbocycles. The number of imidazole rings is 1.